The quantitative estimate of drug-likeness (QED) is 0.906. The molecule has 21 heavy (non-hydrogen) atoms. The van der Waals surface area contributed by atoms with Crippen LogP contribution in [-0.4, -0.2) is 47.2 Å². The van der Waals surface area contributed by atoms with E-state index >= 15 is 0 Å². The highest BCUT2D eigenvalue weighted by Crippen LogP contribution is 2.29. The first kappa shape index (κ1) is 14.1. The molecule has 5 nitrogen and oxygen atoms in total. The first-order valence-corrected chi connectivity index (χ1v) is 7.43. The van der Waals surface area contributed by atoms with Crippen LogP contribution >= 0.6 is 0 Å². The normalized spacial score (nSPS) is 25.2. The number of hydrogen-bond donors (Lipinski definition) is 1. The van der Waals surface area contributed by atoms with E-state index in [2.05, 4.69) is 0 Å². The third-order valence-corrected chi connectivity index (χ3v) is 4.35. The highest BCUT2D eigenvalue weighted by Gasteiger charge is 2.36. The third-order valence-electron chi connectivity index (χ3n) is 4.35. The number of morpholine rings is 1. The van der Waals surface area contributed by atoms with Gasteiger partial charge in [0.25, 0.3) is 5.91 Å². The van der Waals surface area contributed by atoms with Crippen molar-refractivity contribution in [2.24, 2.45) is 0 Å². The van der Waals surface area contributed by atoms with E-state index < -0.39 is 5.97 Å². The van der Waals surface area contributed by atoms with Gasteiger partial charge in [0.15, 0.2) is 0 Å². The predicted molar refractivity (Wildman–Crippen MR) is 76.4 cm³/mol. The van der Waals surface area contributed by atoms with E-state index in [-0.39, 0.29) is 23.6 Å². The van der Waals surface area contributed by atoms with Crippen molar-refractivity contribution in [3.63, 3.8) is 0 Å². The van der Waals surface area contributed by atoms with Gasteiger partial charge in [-0.3, -0.25) is 4.79 Å². The molecular formula is C16H19NO4. The molecule has 1 N–H and O–H groups in total. The Hall–Kier alpha value is -1.88. The maximum atomic E-state index is 12.7. The highest BCUT2D eigenvalue weighted by atomic mass is 16.5. The molecule has 0 radical (unpaired) electrons. The van der Waals surface area contributed by atoms with E-state index in [1.807, 2.05) is 4.90 Å². The number of nitrogens with zero attached hydrogens (tertiary/aromatic N) is 1. The van der Waals surface area contributed by atoms with Gasteiger partial charge in [-0.15, -0.1) is 0 Å². The fourth-order valence-electron chi connectivity index (χ4n) is 3.30. The summed E-state index contributed by atoms with van der Waals surface area (Å²) in [6.45, 7) is 1.14. The Balaban J connectivity index is 1.83. The monoisotopic (exact) mass is 289 g/mol. The number of carboxylic acids is 1. The minimum atomic E-state index is -1.01. The second-order valence-corrected chi connectivity index (χ2v) is 5.65. The van der Waals surface area contributed by atoms with Gasteiger partial charge in [0.05, 0.1) is 24.3 Å². The molecule has 1 heterocycles. The molecule has 2 fully saturated rings. The minimum absolute atomic E-state index is 0.0849. The van der Waals surface area contributed by atoms with Crippen LogP contribution in [0.2, 0.25) is 0 Å². The van der Waals surface area contributed by atoms with Gasteiger partial charge in [-0.05, 0) is 31.0 Å². The zero-order valence-corrected chi connectivity index (χ0v) is 11.8. The largest absolute Gasteiger partial charge is 0.478 e. The maximum absolute atomic E-state index is 12.7. The molecule has 0 bridgehead atoms. The van der Waals surface area contributed by atoms with Crippen LogP contribution in [0.15, 0.2) is 24.3 Å². The summed E-state index contributed by atoms with van der Waals surface area (Å²) in [7, 11) is 0. The Kier molecular flexibility index (Phi) is 3.92. The van der Waals surface area contributed by atoms with Gasteiger partial charge in [-0.25, -0.2) is 4.79 Å². The first-order valence-electron chi connectivity index (χ1n) is 7.43. The average molecular weight is 289 g/mol. The summed E-state index contributed by atoms with van der Waals surface area (Å²) in [6.07, 6.45) is 4.37. The van der Waals surface area contributed by atoms with Crippen molar-refractivity contribution in [3.8, 4) is 0 Å². The molecule has 1 aromatic carbocycles. The first-order chi connectivity index (χ1) is 10.2. The lowest BCUT2D eigenvalue weighted by molar-refractivity contribution is -0.0752. The molecule has 0 spiro atoms. The third kappa shape index (κ3) is 2.78. The van der Waals surface area contributed by atoms with Crippen molar-refractivity contribution in [3.05, 3.63) is 35.4 Å². The van der Waals surface area contributed by atoms with E-state index in [1.54, 1.807) is 12.1 Å². The molecule has 2 aliphatic rings. The standard InChI is InChI=1S/C16H19NO4/c18-15(11-4-3-5-12(10-11)16(19)20)17-8-9-21-14-7-2-1-6-13(14)17/h3-5,10,13-14H,1-2,6-9H2,(H,19,20)/t13-,14+/m0/s1. The molecule has 5 heteroatoms. The Morgan fingerprint density at radius 2 is 1.95 bits per heavy atom. The molecular weight excluding hydrogens is 270 g/mol. The van der Waals surface area contributed by atoms with Crippen LogP contribution in [0.25, 0.3) is 0 Å². The van der Waals surface area contributed by atoms with Crippen molar-refractivity contribution >= 4 is 11.9 Å². The number of benzene rings is 1. The topological polar surface area (TPSA) is 66.8 Å². The lowest BCUT2D eigenvalue weighted by Crippen LogP contribution is -2.54. The smallest absolute Gasteiger partial charge is 0.335 e. The lowest BCUT2D eigenvalue weighted by Gasteiger charge is -2.43. The van der Waals surface area contributed by atoms with Crippen LogP contribution in [0.1, 0.15) is 46.4 Å². The summed E-state index contributed by atoms with van der Waals surface area (Å²) in [5, 5.41) is 9.04. The van der Waals surface area contributed by atoms with Crippen LogP contribution < -0.4 is 0 Å². The van der Waals surface area contributed by atoms with Crippen molar-refractivity contribution in [2.45, 2.75) is 37.8 Å². The Morgan fingerprint density at radius 3 is 2.76 bits per heavy atom. The fourth-order valence-corrected chi connectivity index (χ4v) is 3.30. The van der Waals surface area contributed by atoms with Crippen molar-refractivity contribution in [2.75, 3.05) is 13.2 Å². The van der Waals surface area contributed by atoms with E-state index in [1.165, 1.54) is 12.1 Å². The van der Waals surface area contributed by atoms with Crippen molar-refractivity contribution in [1.29, 1.82) is 0 Å². The minimum Gasteiger partial charge on any atom is -0.478 e. The van der Waals surface area contributed by atoms with Crippen LogP contribution in [-0.2, 0) is 4.74 Å². The second kappa shape index (κ2) is 5.85. The number of hydrogen-bond acceptors (Lipinski definition) is 3. The van der Waals surface area contributed by atoms with Gasteiger partial charge < -0.3 is 14.7 Å². The summed E-state index contributed by atoms with van der Waals surface area (Å²) in [4.78, 5) is 25.6. The van der Waals surface area contributed by atoms with Gasteiger partial charge >= 0.3 is 5.97 Å². The molecule has 0 aromatic heterocycles. The Labute approximate surface area is 123 Å². The highest BCUT2D eigenvalue weighted by molar-refractivity contribution is 5.97. The van der Waals surface area contributed by atoms with Crippen LogP contribution in [0.5, 0.6) is 0 Å². The average Bonchev–Trinajstić information content (AvgIpc) is 2.53. The van der Waals surface area contributed by atoms with Gasteiger partial charge in [-0.1, -0.05) is 18.9 Å². The number of carboxylic acid groups (broad SMARTS) is 1. The van der Waals surface area contributed by atoms with E-state index in [4.69, 9.17) is 9.84 Å². The van der Waals surface area contributed by atoms with Crippen LogP contribution in [0.4, 0.5) is 0 Å². The van der Waals surface area contributed by atoms with Gasteiger partial charge in [-0.2, -0.15) is 0 Å². The van der Waals surface area contributed by atoms with E-state index in [0.29, 0.717) is 18.7 Å². The summed E-state index contributed by atoms with van der Waals surface area (Å²) in [5.41, 5.74) is 0.593. The Morgan fingerprint density at radius 1 is 1.19 bits per heavy atom. The summed E-state index contributed by atoms with van der Waals surface area (Å²) < 4.78 is 5.77. The number of rotatable bonds is 2. The van der Waals surface area contributed by atoms with Gasteiger partial charge in [0.2, 0.25) is 0 Å². The zero-order valence-electron chi connectivity index (χ0n) is 11.8. The number of carbonyl (C=O) groups is 2. The number of amides is 1. The number of carbonyl (C=O) groups excluding carboxylic acids is 1. The predicted octanol–water partition coefficient (Wildman–Crippen LogP) is 2.17. The van der Waals surface area contributed by atoms with Crippen molar-refractivity contribution < 1.29 is 19.4 Å². The molecule has 1 saturated carbocycles. The zero-order chi connectivity index (χ0) is 14.8. The number of ether oxygens (including phenoxy) is 1. The fraction of sp³-hybridized carbons (Fsp3) is 0.500. The molecule has 2 atom stereocenters. The van der Waals surface area contributed by atoms with Crippen molar-refractivity contribution in [1.82, 2.24) is 4.90 Å². The molecule has 1 saturated heterocycles. The summed E-state index contributed by atoms with van der Waals surface area (Å²) >= 11 is 0. The molecule has 3 rings (SSSR count). The molecule has 1 amide bonds. The molecule has 112 valence electrons. The van der Waals surface area contributed by atoms with E-state index in [9.17, 15) is 9.59 Å². The molecule has 1 aliphatic carbocycles. The SMILES string of the molecule is O=C(O)c1cccc(C(=O)N2CCO[C@@H]3CCCC[C@@H]32)c1. The number of fused-ring (bicyclic) bond motifs is 1. The van der Waals surface area contributed by atoms with Crippen LogP contribution in [0, 0.1) is 0 Å². The maximum Gasteiger partial charge on any atom is 0.335 e. The molecule has 0 unspecified atom stereocenters. The molecule has 1 aliphatic heterocycles. The summed E-state index contributed by atoms with van der Waals surface area (Å²) in [5.74, 6) is -1.10. The molecule has 1 aromatic rings. The lowest BCUT2D eigenvalue weighted by atomic mass is 9.89. The van der Waals surface area contributed by atoms with Gasteiger partial charge in [0, 0.05) is 12.1 Å². The van der Waals surface area contributed by atoms with E-state index in [0.717, 1.165) is 25.7 Å². The van der Waals surface area contributed by atoms with Gasteiger partial charge in [0.1, 0.15) is 0 Å². The summed E-state index contributed by atoms with van der Waals surface area (Å²) in [6, 6.07) is 6.39. The van der Waals surface area contributed by atoms with Crippen LogP contribution in [0.3, 0.4) is 0 Å². The Bertz CT molecular complexity index is 555. The number of aromatic carboxylic acids is 1. The second-order valence-electron chi connectivity index (χ2n) is 5.65.